The van der Waals surface area contributed by atoms with Gasteiger partial charge in [-0.1, -0.05) is 13.8 Å². The fourth-order valence-corrected chi connectivity index (χ4v) is 3.11. The molecular weight excluding hydrogens is 166 g/mol. The predicted molar refractivity (Wildman–Crippen MR) is 50.4 cm³/mol. The molecule has 1 aliphatic heterocycles. The summed E-state index contributed by atoms with van der Waals surface area (Å²) in [5.74, 6) is 0. The molecule has 2 fully saturated rings. The Bertz CT molecular complexity index is 213. The highest BCUT2D eigenvalue weighted by Crippen LogP contribution is 2.59. The lowest BCUT2D eigenvalue weighted by Gasteiger charge is -2.63. The van der Waals surface area contributed by atoms with Crippen LogP contribution in [-0.2, 0) is 0 Å². The van der Waals surface area contributed by atoms with E-state index in [1.807, 2.05) is 0 Å². The zero-order valence-electron chi connectivity index (χ0n) is 8.43. The summed E-state index contributed by atoms with van der Waals surface area (Å²) in [4.78, 5) is 0. The highest BCUT2D eigenvalue weighted by atomic mass is 16.3. The summed E-state index contributed by atoms with van der Waals surface area (Å²) < 4.78 is 0. The van der Waals surface area contributed by atoms with Gasteiger partial charge in [0.25, 0.3) is 0 Å². The van der Waals surface area contributed by atoms with E-state index in [-0.39, 0.29) is 12.0 Å². The number of hydrogen-bond acceptors (Lipinski definition) is 3. The normalized spacial score (nSPS) is 33.2. The van der Waals surface area contributed by atoms with Crippen LogP contribution in [0, 0.1) is 10.8 Å². The molecule has 0 unspecified atom stereocenters. The molecule has 76 valence electrons. The molecule has 0 bridgehead atoms. The van der Waals surface area contributed by atoms with Crippen molar-refractivity contribution in [1.29, 1.82) is 0 Å². The number of aliphatic hydroxyl groups is 2. The number of β-amino-alcohol motifs (C(OH)–C–C–N with tert-alkyl or cyclic N) is 1. The van der Waals surface area contributed by atoms with E-state index in [4.69, 9.17) is 0 Å². The minimum absolute atomic E-state index is 0.120. The lowest BCUT2D eigenvalue weighted by molar-refractivity contribution is -0.214. The quantitative estimate of drug-likeness (QED) is 0.573. The molecule has 1 heterocycles. The zero-order valence-corrected chi connectivity index (χ0v) is 8.43. The van der Waals surface area contributed by atoms with Crippen molar-refractivity contribution in [3.05, 3.63) is 0 Å². The van der Waals surface area contributed by atoms with Crippen molar-refractivity contribution in [3.8, 4) is 0 Å². The van der Waals surface area contributed by atoms with Gasteiger partial charge in [0, 0.05) is 18.5 Å². The minimum Gasteiger partial charge on any atom is -0.396 e. The van der Waals surface area contributed by atoms with E-state index < -0.39 is 5.60 Å². The SMILES string of the molecule is CC1(C)CC(CO)(C2(O)CNC2)C1. The van der Waals surface area contributed by atoms with Crippen LogP contribution in [0.4, 0.5) is 0 Å². The molecule has 0 aromatic heterocycles. The van der Waals surface area contributed by atoms with Gasteiger partial charge in [0.2, 0.25) is 0 Å². The highest BCUT2D eigenvalue weighted by Gasteiger charge is 2.62. The molecule has 0 atom stereocenters. The van der Waals surface area contributed by atoms with Gasteiger partial charge in [0.05, 0.1) is 12.2 Å². The van der Waals surface area contributed by atoms with Crippen LogP contribution in [0.3, 0.4) is 0 Å². The molecule has 3 N–H and O–H groups in total. The van der Waals surface area contributed by atoms with E-state index in [0.717, 1.165) is 12.8 Å². The molecule has 3 heteroatoms. The van der Waals surface area contributed by atoms with Crippen LogP contribution in [-0.4, -0.2) is 35.5 Å². The number of nitrogens with one attached hydrogen (secondary N) is 1. The molecule has 13 heavy (non-hydrogen) atoms. The van der Waals surface area contributed by atoms with E-state index in [2.05, 4.69) is 19.2 Å². The van der Waals surface area contributed by atoms with Crippen molar-refractivity contribution in [3.63, 3.8) is 0 Å². The monoisotopic (exact) mass is 185 g/mol. The van der Waals surface area contributed by atoms with Crippen LogP contribution in [0.15, 0.2) is 0 Å². The van der Waals surface area contributed by atoms with Crippen molar-refractivity contribution in [2.45, 2.75) is 32.3 Å². The lowest BCUT2D eigenvalue weighted by Crippen LogP contribution is -2.73. The van der Waals surface area contributed by atoms with Gasteiger partial charge in [-0.3, -0.25) is 0 Å². The predicted octanol–water partition coefficient (Wildman–Crippen LogP) is 0.119. The first-order valence-corrected chi connectivity index (χ1v) is 4.97. The van der Waals surface area contributed by atoms with Crippen LogP contribution in [0.1, 0.15) is 26.7 Å². The molecule has 0 aromatic carbocycles. The van der Waals surface area contributed by atoms with Crippen LogP contribution in [0.5, 0.6) is 0 Å². The third-order valence-electron chi connectivity index (χ3n) is 3.76. The lowest BCUT2D eigenvalue weighted by atomic mass is 9.47. The summed E-state index contributed by atoms with van der Waals surface area (Å²) in [6, 6.07) is 0. The molecule has 1 saturated carbocycles. The second-order valence-corrected chi connectivity index (χ2v) is 5.59. The maximum absolute atomic E-state index is 10.2. The Kier molecular flexibility index (Phi) is 1.79. The van der Waals surface area contributed by atoms with Crippen LogP contribution >= 0.6 is 0 Å². The molecule has 0 aromatic rings. The van der Waals surface area contributed by atoms with Gasteiger partial charge < -0.3 is 15.5 Å². The molecule has 1 aliphatic carbocycles. The molecule has 2 rings (SSSR count). The maximum atomic E-state index is 10.2. The second kappa shape index (κ2) is 2.47. The Hall–Kier alpha value is -0.120. The zero-order chi connectivity index (χ0) is 9.74. The number of hydrogen-bond donors (Lipinski definition) is 3. The molecule has 2 aliphatic rings. The van der Waals surface area contributed by atoms with Gasteiger partial charge >= 0.3 is 0 Å². The van der Waals surface area contributed by atoms with Crippen molar-refractivity contribution < 1.29 is 10.2 Å². The Labute approximate surface area is 79.2 Å². The van der Waals surface area contributed by atoms with E-state index in [1.54, 1.807) is 0 Å². The summed E-state index contributed by atoms with van der Waals surface area (Å²) in [5, 5.41) is 22.6. The standard InChI is InChI=1S/C10H19NO2/c1-8(2)3-9(4-8,7-12)10(13)5-11-6-10/h11-13H,3-7H2,1-2H3. The summed E-state index contributed by atoms with van der Waals surface area (Å²) in [5.41, 5.74) is -0.562. The van der Waals surface area contributed by atoms with Gasteiger partial charge in [0.1, 0.15) is 0 Å². The number of aliphatic hydroxyl groups excluding tert-OH is 1. The Morgan fingerprint density at radius 2 is 1.77 bits per heavy atom. The molecule has 0 amide bonds. The van der Waals surface area contributed by atoms with Crippen molar-refractivity contribution in [2.24, 2.45) is 10.8 Å². The Morgan fingerprint density at radius 1 is 1.23 bits per heavy atom. The van der Waals surface area contributed by atoms with E-state index in [1.165, 1.54) is 0 Å². The highest BCUT2D eigenvalue weighted by molar-refractivity contribution is 5.14. The van der Waals surface area contributed by atoms with Crippen LogP contribution in [0.25, 0.3) is 0 Å². The fourth-order valence-electron chi connectivity index (χ4n) is 3.11. The Morgan fingerprint density at radius 3 is 2.00 bits per heavy atom. The third kappa shape index (κ3) is 1.14. The van der Waals surface area contributed by atoms with E-state index >= 15 is 0 Å². The number of rotatable bonds is 2. The van der Waals surface area contributed by atoms with E-state index in [9.17, 15) is 10.2 Å². The average molecular weight is 185 g/mol. The first kappa shape index (κ1) is 9.44. The minimum atomic E-state index is -0.642. The fraction of sp³-hybridized carbons (Fsp3) is 1.00. The molecule has 1 saturated heterocycles. The first-order valence-electron chi connectivity index (χ1n) is 4.97. The average Bonchev–Trinajstić information content (AvgIpc) is 1.94. The third-order valence-corrected chi connectivity index (χ3v) is 3.76. The molecular formula is C10H19NO2. The smallest absolute Gasteiger partial charge is 0.0973 e. The van der Waals surface area contributed by atoms with Gasteiger partial charge in [-0.25, -0.2) is 0 Å². The summed E-state index contributed by atoms with van der Waals surface area (Å²) >= 11 is 0. The first-order chi connectivity index (χ1) is 5.93. The van der Waals surface area contributed by atoms with Crippen molar-refractivity contribution >= 4 is 0 Å². The topological polar surface area (TPSA) is 52.5 Å². The van der Waals surface area contributed by atoms with Gasteiger partial charge in [-0.2, -0.15) is 0 Å². The maximum Gasteiger partial charge on any atom is 0.0973 e. The van der Waals surface area contributed by atoms with Crippen molar-refractivity contribution in [1.82, 2.24) is 5.32 Å². The second-order valence-electron chi connectivity index (χ2n) is 5.59. The van der Waals surface area contributed by atoms with Gasteiger partial charge in [0.15, 0.2) is 0 Å². The summed E-state index contributed by atoms with van der Waals surface area (Å²) in [6.07, 6.45) is 1.88. The molecule has 0 radical (unpaired) electrons. The Balaban J connectivity index is 2.11. The van der Waals surface area contributed by atoms with Crippen LogP contribution in [0.2, 0.25) is 0 Å². The largest absolute Gasteiger partial charge is 0.396 e. The summed E-state index contributed by atoms with van der Waals surface area (Å²) in [7, 11) is 0. The van der Waals surface area contributed by atoms with Gasteiger partial charge in [-0.05, 0) is 18.3 Å². The van der Waals surface area contributed by atoms with Gasteiger partial charge in [-0.15, -0.1) is 0 Å². The summed E-state index contributed by atoms with van der Waals surface area (Å²) in [6.45, 7) is 5.79. The van der Waals surface area contributed by atoms with E-state index in [0.29, 0.717) is 18.5 Å². The van der Waals surface area contributed by atoms with Crippen molar-refractivity contribution in [2.75, 3.05) is 19.7 Å². The molecule has 3 nitrogen and oxygen atoms in total. The molecule has 0 spiro atoms. The van der Waals surface area contributed by atoms with Crippen LogP contribution < -0.4 is 5.32 Å².